The molecule has 0 saturated carbocycles. The predicted octanol–water partition coefficient (Wildman–Crippen LogP) is 4.89. The number of hydrogen-bond acceptors (Lipinski definition) is 6. The van der Waals surface area contributed by atoms with Crippen LogP contribution in [0.3, 0.4) is 0 Å². The Labute approximate surface area is 195 Å². The third-order valence-electron chi connectivity index (χ3n) is 8.05. The highest BCUT2D eigenvalue weighted by Gasteiger charge is 2.53. The van der Waals surface area contributed by atoms with Crippen LogP contribution < -0.4 is 4.74 Å². The summed E-state index contributed by atoms with van der Waals surface area (Å²) in [5.41, 5.74) is 2.79. The Hall–Kier alpha value is -2.73. The first-order valence-corrected chi connectivity index (χ1v) is 11.9. The van der Waals surface area contributed by atoms with Gasteiger partial charge in [0.25, 0.3) is 0 Å². The van der Waals surface area contributed by atoms with Crippen molar-refractivity contribution < 1.29 is 24.5 Å². The predicted molar refractivity (Wildman–Crippen MR) is 126 cm³/mol. The topological polar surface area (TPSA) is 79.2 Å². The molecule has 2 fully saturated rings. The largest absolute Gasteiger partial charge is 0.507 e. The number of phenols is 2. The maximum atomic E-state index is 12.8. The second-order valence-electron chi connectivity index (χ2n) is 10.3. The van der Waals surface area contributed by atoms with Crippen LogP contribution >= 0.6 is 0 Å². The number of piperidine rings is 2. The van der Waals surface area contributed by atoms with Crippen LogP contribution in [0.1, 0.15) is 63.5 Å². The lowest BCUT2D eigenvalue weighted by Crippen LogP contribution is -2.64. The molecular weight excluding hydrogens is 418 g/mol. The monoisotopic (exact) mass is 451 g/mol. The number of hydrogen-bond donors (Lipinski definition) is 2. The van der Waals surface area contributed by atoms with Crippen molar-refractivity contribution in [2.24, 2.45) is 0 Å². The van der Waals surface area contributed by atoms with Gasteiger partial charge in [0, 0.05) is 35.9 Å². The summed E-state index contributed by atoms with van der Waals surface area (Å²) in [4.78, 5) is 15.3. The molecule has 0 aliphatic carbocycles. The number of carbonyl (C=O) groups excluding carboxylic acids is 1. The molecule has 2 aromatic rings. The fourth-order valence-electron chi connectivity index (χ4n) is 6.54. The zero-order valence-corrected chi connectivity index (χ0v) is 19.7. The Kier molecular flexibility index (Phi) is 5.31. The van der Waals surface area contributed by atoms with Gasteiger partial charge in [-0.15, -0.1) is 0 Å². The number of rotatable bonds is 1. The maximum Gasteiger partial charge on any atom is 0.306 e. The maximum absolute atomic E-state index is 12.8. The summed E-state index contributed by atoms with van der Waals surface area (Å²) in [5, 5.41) is 21.7. The van der Waals surface area contributed by atoms with Crippen molar-refractivity contribution in [1.29, 1.82) is 0 Å². The van der Waals surface area contributed by atoms with Gasteiger partial charge >= 0.3 is 5.97 Å². The van der Waals surface area contributed by atoms with Gasteiger partial charge in [0.15, 0.2) is 11.5 Å². The minimum atomic E-state index is -0.501. The van der Waals surface area contributed by atoms with Gasteiger partial charge in [-0.3, -0.25) is 9.69 Å². The normalized spacial score (nSPS) is 29.7. The summed E-state index contributed by atoms with van der Waals surface area (Å²) in [7, 11) is 1.53. The minimum absolute atomic E-state index is 0.0676. The van der Waals surface area contributed by atoms with Crippen molar-refractivity contribution in [3.8, 4) is 28.4 Å². The summed E-state index contributed by atoms with van der Waals surface area (Å²) in [6.07, 6.45) is 5.38. The van der Waals surface area contributed by atoms with Crippen LogP contribution in [0.5, 0.6) is 17.2 Å². The molecule has 3 aliphatic rings. The second-order valence-corrected chi connectivity index (χ2v) is 10.3. The lowest BCUT2D eigenvalue weighted by molar-refractivity contribution is -0.167. The molecule has 0 unspecified atom stereocenters. The zero-order valence-electron chi connectivity index (χ0n) is 19.7. The van der Waals surface area contributed by atoms with Gasteiger partial charge in [-0.25, -0.2) is 0 Å². The van der Waals surface area contributed by atoms with Gasteiger partial charge in [-0.05, 0) is 80.6 Å². The number of phenolic OH excluding ortho intramolecular Hbond substituents is 2. The summed E-state index contributed by atoms with van der Waals surface area (Å²) >= 11 is 0. The number of methoxy groups -OCH3 is 1. The van der Waals surface area contributed by atoms with E-state index in [0.717, 1.165) is 48.9 Å². The van der Waals surface area contributed by atoms with E-state index in [1.54, 1.807) is 12.1 Å². The van der Waals surface area contributed by atoms with E-state index in [-0.39, 0.29) is 29.1 Å². The number of nitrogens with zero attached hydrogens (tertiary/aromatic N) is 1. The van der Waals surface area contributed by atoms with E-state index in [0.29, 0.717) is 30.6 Å². The van der Waals surface area contributed by atoms with Crippen LogP contribution in [-0.4, -0.2) is 46.4 Å². The fourth-order valence-corrected chi connectivity index (χ4v) is 6.54. The van der Waals surface area contributed by atoms with E-state index in [1.807, 2.05) is 18.2 Å². The summed E-state index contributed by atoms with van der Waals surface area (Å²) in [6, 6.07) is 9.09. The van der Waals surface area contributed by atoms with Gasteiger partial charge in [0.05, 0.1) is 7.11 Å². The molecule has 2 aromatic carbocycles. The number of fused-ring (bicyclic) bond motifs is 9. The summed E-state index contributed by atoms with van der Waals surface area (Å²) in [5.74, 6) is 0.431. The highest BCUT2D eigenvalue weighted by molar-refractivity contribution is 5.78. The van der Waals surface area contributed by atoms with E-state index >= 15 is 0 Å². The van der Waals surface area contributed by atoms with Crippen molar-refractivity contribution in [1.82, 2.24) is 4.90 Å². The number of aromatic hydroxyl groups is 2. The van der Waals surface area contributed by atoms with E-state index in [1.165, 1.54) is 7.11 Å². The SMILES string of the molecule is COc1cc2c(cc1O)[C@]1(C)C[C@H](C[C@@]3(C)CCCCN31)OC(=O)CCc1ccc(O)c-2c1. The summed E-state index contributed by atoms with van der Waals surface area (Å²) < 4.78 is 11.5. The quantitative estimate of drug-likeness (QED) is 0.602. The van der Waals surface area contributed by atoms with Crippen molar-refractivity contribution in [2.75, 3.05) is 13.7 Å². The van der Waals surface area contributed by atoms with Crippen LogP contribution in [0, 0.1) is 0 Å². The molecule has 2 saturated heterocycles. The Morgan fingerprint density at radius 1 is 1.03 bits per heavy atom. The van der Waals surface area contributed by atoms with Crippen LogP contribution in [0.4, 0.5) is 0 Å². The molecule has 0 amide bonds. The van der Waals surface area contributed by atoms with Crippen LogP contribution in [-0.2, 0) is 21.5 Å². The molecule has 2 N–H and O–H groups in total. The zero-order chi connectivity index (χ0) is 23.4. The van der Waals surface area contributed by atoms with Crippen LogP contribution in [0.2, 0.25) is 0 Å². The van der Waals surface area contributed by atoms with Crippen LogP contribution in [0.25, 0.3) is 11.1 Å². The Bertz CT molecular complexity index is 1100. The van der Waals surface area contributed by atoms with E-state index in [9.17, 15) is 15.0 Å². The van der Waals surface area contributed by atoms with E-state index in [4.69, 9.17) is 9.47 Å². The smallest absolute Gasteiger partial charge is 0.306 e. The third kappa shape index (κ3) is 3.65. The molecule has 176 valence electrons. The van der Waals surface area contributed by atoms with Gasteiger partial charge < -0.3 is 19.7 Å². The van der Waals surface area contributed by atoms with Crippen molar-refractivity contribution in [3.63, 3.8) is 0 Å². The van der Waals surface area contributed by atoms with Crippen molar-refractivity contribution >= 4 is 5.97 Å². The first-order valence-electron chi connectivity index (χ1n) is 11.9. The summed E-state index contributed by atoms with van der Waals surface area (Å²) in [6.45, 7) is 5.40. The van der Waals surface area contributed by atoms with Crippen LogP contribution in [0.15, 0.2) is 30.3 Å². The Morgan fingerprint density at radius 2 is 1.85 bits per heavy atom. The number of ether oxygens (including phenoxy) is 2. The highest BCUT2D eigenvalue weighted by atomic mass is 16.5. The van der Waals surface area contributed by atoms with E-state index < -0.39 is 5.54 Å². The molecule has 4 bridgehead atoms. The number of aryl methyl sites for hydroxylation is 1. The molecular formula is C27H33NO5. The minimum Gasteiger partial charge on any atom is -0.507 e. The molecule has 3 heterocycles. The number of esters is 1. The first kappa shape index (κ1) is 22.1. The molecule has 0 radical (unpaired) electrons. The molecule has 6 heteroatoms. The standard InChI is InChI=1S/C27H33NO5/c1-26-10-4-5-11-28(26)27(2)16-18(15-26)33-25(31)9-7-17-6-8-22(29)20(12-17)19-13-24(32-3)23(30)14-21(19)27/h6,8,12-14,18,29-30H,4-5,7,9-11,15-16H2,1-3H3/t18-,26+,27-/m0/s1. The number of carbonyl (C=O) groups is 1. The lowest BCUT2D eigenvalue weighted by Gasteiger charge is -2.60. The lowest BCUT2D eigenvalue weighted by atomic mass is 9.68. The Morgan fingerprint density at radius 3 is 2.64 bits per heavy atom. The highest BCUT2D eigenvalue weighted by Crippen LogP contribution is 2.53. The molecule has 5 rings (SSSR count). The third-order valence-corrected chi connectivity index (χ3v) is 8.05. The average molecular weight is 452 g/mol. The molecule has 6 nitrogen and oxygen atoms in total. The molecule has 3 aliphatic heterocycles. The van der Waals surface area contributed by atoms with Gasteiger partial charge in [-0.2, -0.15) is 0 Å². The molecule has 33 heavy (non-hydrogen) atoms. The fraction of sp³-hybridized carbons (Fsp3) is 0.519. The second kappa shape index (κ2) is 7.94. The Balaban J connectivity index is 1.80. The van der Waals surface area contributed by atoms with Crippen molar-refractivity contribution in [2.45, 2.75) is 76.0 Å². The molecule has 3 atom stereocenters. The first-order chi connectivity index (χ1) is 15.7. The molecule has 0 aromatic heterocycles. The van der Waals surface area contributed by atoms with Crippen molar-refractivity contribution in [3.05, 3.63) is 41.5 Å². The van der Waals surface area contributed by atoms with Gasteiger partial charge in [0.2, 0.25) is 0 Å². The van der Waals surface area contributed by atoms with E-state index in [2.05, 4.69) is 18.7 Å². The van der Waals surface area contributed by atoms with Gasteiger partial charge in [0.1, 0.15) is 11.9 Å². The van der Waals surface area contributed by atoms with Gasteiger partial charge in [-0.1, -0.05) is 12.5 Å². The number of benzene rings is 2. The average Bonchev–Trinajstić information content (AvgIpc) is 2.77. The molecule has 0 spiro atoms.